The number of carbonyl (C=O) groups excluding carboxylic acids is 2. The first kappa shape index (κ1) is 15.8. The highest BCUT2D eigenvalue weighted by Crippen LogP contribution is 2.47. The van der Waals surface area contributed by atoms with Crippen LogP contribution in [-0.4, -0.2) is 44.0 Å². The fourth-order valence-corrected chi connectivity index (χ4v) is 2.06. The Morgan fingerprint density at radius 2 is 1.95 bits per heavy atom. The van der Waals surface area contributed by atoms with Crippen molar-refractivity contribution in [2.24, 2.45) is 5.92 Å². The second-order valence-electron chi connectivity index (χ2n) is 5.77. The second-order valence-corrected chi connectivity index (χ2v) is 5.77. The number of esters is 1. The molecule has 1 aliphatic rings. The second kappa shape index (κ2) is 5.77. The summed E-state index contributed by atoms with van der Waals surface area (Å²) in [5.74, 6) is -0.396. The number of hydrogen-bond acceptors (Lipinski definition) is 5. The Bertz CT molecular complexity index is 349. The summed E-state index contributed by atoms with van der Waals surface area (Å²) in [5, 5.41) is 2.64. The smallest absolute Gasteiger partial charge is 0.408 e. The minimum absolute atomic E-state index is 0.0346. The van der Waals surface area contributed by atoms with Crippen LogP contribution in [0.15, 0.2) is 0 Å². The SMILES string of the molecule is COCCC1CC1(NC(=O)OC(C)(C)C)C(=O)OC. The number of rotatable bonds is 5. The number of alkyl carbamates (subject to hydrolysis) is 1. The summed E-state index contributed by atoms with van der Waals surface area (Å²) < 4.78 is 14.9. The molecule has 2 atom stereocenters. The number of methoxy groups -OCH3 is 2. The molecule has 1 saturated carbocycles. The number of carbonyl (C=O) groups is 2. The van der Waals surface area contributed by atoms with Crippen molar-refractivity contribution >= 4 is 12.1 Å². The van der Waals surface area contributed by atoms with Gasteiger partial charge in [-0.15, -0.1) is 0 Å². The predicted octanol–water partition coefficient (Wildman–Crippen LogP) is 1.48. The van der Waals surface area contributed by atoms with Gasteiger partial charge in [-0.3, -0.25) is 0 Å². The monoisotopic (exact) mass is 273 g/mol. The molecule has 6 nitrogen and oxygen atoms in total. The first-order valence-corrected chi connectivity index (χ1v) is 6.33. The Balaban J connectivity index is 2.63. The zero-order valence-corrected chi connectivity index (χ0v) is 12.2. The van der Waals surface area contributed by atoms with Crippen molar-refractivity contribution in [1.82, 2.24) is 5.32 Å². The van der Waals surface area contributed by atoms with Crippen molar-refractivity contribution in [2.45, 2.75) is 44.8 Å². The molecule has 0 spiro atoms. The van der Waals surface area contributed by atoms with Gasteiger partial charge in [0.25, 0.3) is 0 Å². The fraction of sp³-hybridized carbons (Fsp3) is 0.846. The molecule has 0 saturated heterocycles. The molecule has 0 aliphatic heterocycles. The van der Waals surface area contributed by atoms with Crippen LogP contribution in [-0.2, 0) is 19.0 Å². The molecule has 0 aromatic carbocycles. The van der Waals surface area contributed by atoms with Crippen molar-refractivity contribution in [3.63, 3.8) is 0 Å². The highest BCUT2D eigenvalue weighted by molar-refractivity contribution is 5.89. The minimum atomic E-state index is -0.949. The van der Waals surface area contributed by atoms with Gasteiger partial charge in [-0.1, -0.05) is 0 Å². The van der Waals surface area contributed by atoms with E-state index in [9.17, 15) is 9.59 Å². The molecule has 1 aliphatic carbocycles. The average molecular weight is 273 g/mol. The summed E-state index contributed by atoms with van der Waals surface area (Å²) in [6, 6.07) is 0. The Morgan fingerprint density at radius 3 is 2.42 bits per heavy atom. The predicted molar refractivity (Wildman–Crippen MR) is 68.7 cm³/mol. The summed E-state index contributed by atoms with van der Waals surface area (Å²) in [6.45, 7) is 5.85. The van der Waals surface area contributed by atoms with Crippen molar-refractivity contribution in [2.75, 3.05) is 20.8 Å². The Labute approximate surface area is 113 Å². The molecule has 0 heterocycles. The standard InChI is InChI=1S/C13H23NO5/c1-12(2,3)19-11(16)14-13(10(15)18-5)8-9(13)6-7-17-4/h9H,6-8H2,1-5H3,(H,14,16). The van der Waals surface area contributed by atoms with E-state index in [0.717, 1.165) is 0 Å². The lowest BCUT2D eigenvalue weighted by Gasteiger charge is -2.23. The van der Waals surface area contributed by atoms with Crippen LogP contribution < -0.4 is 5.32 Å². The maximum atomic E-state index is 11.8. The van der Waals surface area contributed by atoms with Crippen molar-refractivity contribution < 1.29 is 23.8 Å². The summed E-state index contributed by atoms with van der Waals surface area (Å²) in [6.07, 6.45) is 0.654. The molecule has 0 radical (unpaired) electrons. The lowest BCUT2D eigenvalue weighted by atomic mass is 10.1. The third-order valence-corrected chi connectivity index (χ3v) is 3.05. The lowest BCUT2D eigenvalue weighted by molar-refractivity contribution is -0.145. The van der Waals surface area contributed by atoms with E-state index in [4.69, 9.17) is 14.2 Å². The number of nitrogens with one attached hydrogen (secondary N) is 1. The molecule has 0 aromatic heterocycles. The molecule has 110 valence electrons. The molecule has 6 heteroatoms. The summed E-state index contributed by atoms with van der Waals surface area (Å²) in [5.41, 5.74) is -1.55. The highest BCUT2D eigenvalue weighted by atomic mass is 16.6. The third kappa shape index (κ3) is 4.09. The van der Waals surface area contributed by atoms with Gasteiger partial charge in [0, 0.05) is 13.7 Å². The molecular formula is C13H23NO5. The molecule has 1 N–H and O–H groups in total. The van der Waals surface area contributed by atoms with E-state index >= 15 is 0 Å². The number of amides is 1. The summed E-state index contributed by atoms with van der Waals surface area (Å²) in [4.78, 5) is 23.6. The molecule has 1 rings (SSSR count). The number of hydrogen-bond donors (Lipinski definition) is 1. The number of ether oxygens (including phenoxy) is 3. The molecule has 1 amide bonds. The molecule has 19 heavy (non-hydrogen) atoms. The Hall–Kier alpha value is -1.30. The maximum Gasteiger partial charge on any atom is 0.408 e. The van der Waals surface area contributed by atoms with E-state index in [2.05, 4.69) is 5.32 Å². The first-order chi connectivity index (χ1) is 8.75. The van der Waals surface area contributed by atoms with Crippen LogP contribution in [0.1, 0.15) is 33.6 Å². The minimum Gasteiger partial charge on any atom is -0.467 e. The van der Waals surface area contributed by atoms with Gasteiger partial charge >= 0.3 is 12.1 Å². The van der Waals surface area contributed by atoms with Gasteiger partial charge in [-0.05, 0) is 39.5 Å². The van der Waals surface area contributed by atoms with Gasteiger partial charge < -0.3 is 19.5 Å². The van der Waals surface area contributed by atoms with Crippen molar-refractivity contribution in [1.29, 1.82) is 0 Å². The molecule has 2 unspecified atom stereocenters. The van der Waals surface area contributed by atoms with Crippen LogP contribution >= 0.6 is 0 Å². The van der Waals surface area contributed by atoms with E-state index in [0.29, 0.717) is 19.4 Å². The Kier molecular flexibility index (Phi) is 4.79. The van der Waals surface area contributed by atoms with Crippen molar-refractivity contribution in [3.05, 3.63) is 0 Å². The van der Waals surface area contributed by atoms with Gasteiger partial charge in [0.1, 0.15) is 11.1 Å². The van der Waals surface area contributed by atoms with E-state index in [1.165, 1.54) is 7.11 Å². The fourth-order valence-electron chi connectivity index (χ4n) is 2.06. The molecule has 1 fully saturated rings. The lowest BCUT2D eigenvalue weighted by Crippen LogP contribution is -2.47. The van der Waals surface area contributed by atoms with Crippen LogP contribution in [0.3, 0.4) is 0 Å². The van der Waals surface area contributed by atoms with Gasteiger partial charge in [0.15, 0.2) is 0 Å². The van der Waals surface area contributed by atoms with Crippen LogP contribution in [0.2, 0.25) is 0 Å². The highest BCUT2D eigenvalue weighted by Gasteiger charge is 2.62. The van der Waals surface area contributed by atoms with Crippen LogP contribution in [0.25, 0.3) is 0 Å². The van der Waals surface area contributed by atoms with Gasteiger partial charge in [0.2, 0.25) is 0 Å². The van der Waals surface area contributed by atoms with Gasteiger partial charge in [0.05, 0.1) is 7.11 Å². The average Bonchev–Trinajstić information content (AvgIpc) is 2.97. The van der Waals surface area contributed by atoms with Crippen LogP contribution in [0.4, 0.5) is 4.79 Å². The van der Waals surface area contributed by atoms with Crippen molar-refractivity contribution in [3.8, 4) is 0 Å². The Morgan fingerprint density at radius 1 is 1.32 bits per heavy atom. The zero-order valence-electron chi connectivity index (χ0n) is 12.2. The maximum absolute atomic E-state index is 11.8. The van der Waals surface area contributed by atoms with E-state index in [1.807, 2.05) is 0 Å². The normalized spacial score (nSPS) is 25.6. The van der Waals surface area contributed by atoms with Gasteiger partial charge in [-0.25, -0.2) is 9.59 Å². The topological polar surface area (TPSA) is 73.9 Å². The quantitative estimate of drug-likeness (QED) is 0.768. The third-order valence-electron chi connectivity index (χ3n) is 3.05. The van der Waals surface area contributed by atoms with E-state index in [-0.39, 0.29) is 5.92 Å². The van der Waals surface area contributed by atoms with E-state index in [1.54, 1.807) is 27.9 Å². The van der Waals surface area contributed by atoms with Crippen LogP contribution in [0.5, 0.6) is 0 Å². The summed E-state index contributed by atoms with van der Waals surface area (Å²) in [7, 11) is 2.91. The molecule has 0 bridgehead atoms. The molecule has 0 aromatic rings. The van der Waals surface area contributed by atoms with Gasteiger partial charge in [-0.2, -0.15) is 0 Å². The van der Waals surface area contributed by atoms with E-state index < -0.39 is 23.2 Å². The summed E-state index contributed by atoms with van der Waals surface area (Å²) >= 11 is 0. The first-order valence-electron chi connectivity index (χ1n) is 6.33. The zero-order chi connectivity index (χ0) is 14.7. The largest absolute Gasteiger partial charge is 0.467 e. The van der Waals surface area contributed by atoms with Crippen LogP contribution in [0, 0.1) is 5.92 Å². The molecular weight excluding hydrogens is 250 g/mol.